The van der Waals surface area contributed by atoms with Crippen LogP contribution >= 0.6 is 31.9 Å². The number of halogens is 2. The van der Waals surface area contributed by atoms with Gasteiger partial charge in [-0.3, -0.25) is 38.6 Å². The lowest BCUT2D eigenvalue weighted by atomic mass is 9.82. The van der Waals surface area contributed by atoms with E-state index in [1.54, 1.807) is 24.3 Å². The lowest BCUT2D eigenvalue weighted by Crippen LogP contribution is -2.49. The average molecular weight is 1070 g/mol. The van der Waals surface area contributed by atoms with Gasteiger partial charge in [-0.1, -0.05) is 104 Å². The zero-order chi connectivity index (χ0) is 50.2. The summed E-state index contributed by atoms with van der Waals surface area (Å²) >= 11 is 7.59. The Labute approximate surface area is 416 Å². The molecule has 0 saturated heterocycles. The van der Waals surface area contributed by atoms with E-state index < -0.39 is 73.9 Å². The topological polar surface area (TPSA) is 180 Å². The van der Waals surface area contributed by atoms with Crippen LogP contribution in [0, 0.1) is 11.8 Å². The van der Waals surface area contributed by atoms with Crippen molar-refractivity contribution in [2.24, 2.45) is 11.8 Å². The van der Waals surface area contributed by atoms with Gasteiger partial charge in [-0.25, -0.2) is 9.59 Å². The number of carbonyl (C=O) groups is 8. The summed E-state index contributed by atoms with van der Waals surface area (Å²) in [5, 5.41) is 5.32. The van der Waals surface area contributed by atoms with Crippen LogP contribution in [0.15, 0.2) is 69.6 Å². The molecular formula is C53H54Br2N2O12. The van der Waals surface area contributed by atoms with Crippen molar-refractivity contribution in [2.75, 3.05) is 26.4 Å². The molecule has 5 aromatic rings. The van der Waals surface area contributed by atoms with Crippen LogP contribution in [0.5, 0.6) is 0 Å². The molecule has 362 valence electrons. The van der Waals surface area contributed by atoms with Crippen LogP contribution in [0.4, 0.5) is 0 Å². The number of unbranched alkanes of at least 4 members (excludes halogenated alkanes) is 1. The lowest BCUT2D eigenvalue weighted by molar-refractivity contribution is -0.165. The average Bonchev–Trinajstić information content (AvgIpc) is 3.31. The van der Waals surface area contributed by atoms with Crippen molar-refractivity contribution >= 4 is 122 Å². The van der Waals surface area contributed by atoms with Crippen molar-refractivity contribution < 1.29 is 57.3 Å². The molecule has 0 radical (unpaired) electrons. The Morgan fingerprint density at radius 2 is 1.13 bits per heavy atom. The van der Waals surface area contributed by atoms with Gasteiger partial charge in [0, 0.05) is 81.2 Å². The second-order valence-corrected chi connectivity index (χ2v) is 20.0. The van der Waals surface area contributed by atoms with Crippen molar-refractivity contribution in [3.05, 3.63) is 91.9 Å². The standard InChI is InChI=1S/C53H54Br2N2O12/c1-9-11-12-29(10-2)22-56-48(60)34-15-13-32-45-39(55)21-37-43-35(16-14-33(47(43)45)44-38(54)20-36(49(56)61)42(34)46(32)44)50(62)57(51(37)63)30(19-26(3)4)23-66-40(58)17-18-41(59)69-31(24-67-52(64)27(5)6)25-68-53(65)28(7)8/h13-16,20-21,26,29-31H,5,7,9-12,17-19,22-25H2,1-4,6,8H3. The fourth-order valence-corrected chi connectivity index (χ4v) is 10.6. The van der Waals surface area contributed by atoms with Crippen LogP contribution in [-0.2, 0) is 38.1 Å². The number of rotatable bonds is 21. The van der Waals surface area contributed by atoms with E-state index in [-0.39, 0.29) is 59.0 Å². The van der Waals surface area contributed by atoms with Crippen LogP contribution in [0.1, 0.15) is 128 Å². The fraction of sp³-hybridized carbons (Fsp3) is 0.396. The first kappa shape index (κ1) is 50.9. The number of nitrogens with zero attached hydrogens (tertiary/aromatic N) is 2. The monoisotopic (exact) mass is 1070 g/mol. The smallest absolute Gasteiger partial charge is 0.333 e. The summed E-state index contributed by atoms with van der Waals surface area (Å²) in [5.74, 6) is -4.83. The van der Waals surface area contributed by atoms with Gasteiger partial charge < -0.3 is 18.9 Å². The maximum atomic E-state index is 14.8. The Hall–Kier alpha value is -6.00. The summed E-state index contributed by atoms with van der Waals surface area (Å²) < 4.78 is 22.4. The Balaban J connectivity index is 1.15. The van der Waals surface area contributed by atoms with Gasteiger partial charge in [-0.2, -0.15) is 0 Å². The molecule has 0 saturated carbocycles. The molecule has 7 rings (SSSR count). The van der Waals surface area contributed by atoms with Gasteiger partial charge >= 0.3 is 23.9 Å². The zero-order valence-electron chi connectivity index (χ0n) is 39.5. The van der Waals surface area contributed by atoms with Gasteiger partial charge in [0.1, 0.15) is 19.8 Å². The molecule has 0 aliphatic carbocycles. The highest BCUT2D eigenvalue weighted by atomic mass is 79.9. The predicted octanol–water partition coefficient (Wildman–Crippen LogP) is 10.6. The second kappa shape index (κ2) is 20.9. The third kappa shape index (κ3) is 9.92. The van der Waals surface area contributed by atoms with Crippen LogP contribution < -0.4 is 0 Å². The minimum absolute atomic E-state index is 0.0430. The molecule has 0 bridgehead atoms. The minimum Gasteiger partial charge on any atom is -0.463 e. The second-order valence-electron chi connectivity index (χ2n) is 18.3. The highest BCUT2D eigenvalue weighted by Crippen LogP contribution is 2.50. The van der Waals surface area contributed by atoms with Gasteiger partial charge in [0.25, 0.3) is 23.6 Å². The molecule has 0 fully saturated rings. The largest absolute Gasteiger partial charge is 0.463 e. The van der Waals surface area contributed by atoms with Gasteiger partial charge in [0.15, 0.2) is 6.10 Å². The van der Waals surface area contributed by atoms with E-state index >= 15 is 0 Å². The Morgan fingerprint density at radius 1 is 0.638 bits per heavy atom. The molecule has 2 heterocycles. The van der Waals surface area contributed by atoms with E-state index in [1.807, 2.05) is 26.0 Å². The van der Waals surface area contributed by atoms with Gasteiger partial charge in [-0.15, -0.1) is 0 Å². The van der Waals surface area contributed by atoms with Crippen LogP contribution in [0.25, 0.3) is 43.1 Å². The molecule has 4 amide bonds. The maximum Gasteiger partial charge on any atom is 0.333 e. The first-order valence-electron chi connectivity index (χ1n) is 23.1. The molecular weight excluding hydrogens is 1020 g/mol. The SMILES string of the molecule is C=C(C)C(=O)OCC(COC(=O)C(=C)C)OC(=O)CCC(=O)OCC(CC(C)C)N1C(=O)c2ccc3c4c(Br)cc5c6c(ccc(c7c(Br)cc(c2c37)C1=O)c64)C(=O)N(CC(CC)CCCC)C5=O. The molecule has 0 spiro atoms. The highest BCUT2D eigenvalue weighted by Gasteiger charge is 2.41. The molecule has 14 nitrogen and oxygen atoms in total. The predicted molar refractivity (Wildman–Crippen MR) is 267 cm³/mol. The van der Waals surface area contributed by atoms with Crippen molar-refractivity contribution in [3.63, 3.8) is 0 Å². The Bertz CT molecular complexity index is 2980. The molecule has 69 heavy (non-hydrogen) atoms. The number of hydrogen-bond acceptors (Lipinski definition) is 12. The van der Waals surface area contributed by atoms with Crippen LogP contribution in [0.2, 0.25) is 0 Å². The number of esters is 4. The normalized spacial score (nSPS) is 14.4. The first-order valence-corrected chi connectivity index (χ1v) is 24.7. The van der Waals surface area contributed by atoms with E-state index in [9.17, 15) is 38.4 Å². The molecule has 0 aromatic heterocycles. The summed E-state index contributed by atoms with van der Waals surface area (Å²) in [4.78, 5) is 110. The third-order valence-corrected chi connectivity index (χ3v) is 14.0. The van der Waals surface area contributed by atoms with Crippen molar-refractivity contribution in [1.29, 1.82) is 0 Å². The number of imide groups is 2. The highest BCUT2D eigenvalue weighted by molar-refractivity contribution is 9.11. The van der Waals surface area contributed by atoms with E-state index in [2.05, 4.69) is 58.9 Å². The molecule has 2 atom stereocenters. The van der Waals surface area contributed by atoms with E-state index in [0.717, 1.165) is 52.1 Å². The van der Waals surface area contributed by atoms with Crippen molar-refractivity contribution in [1.82, 2.24) is 9.80 Å². The Morgan fingerprint density at radius 3 is 1.64 bits per heavy atom. The molecule has 2 unspecified atom stereocenters. The van der Waals surface area contributed by atoms with Gasteiger partial charge in [0.2, 0.25) is 0 Å². The summed E-state index contributed by atoms with van der Waals surface area (Å²) in [6.07, 6.45) is 2.03. The molecule has 2 aliphatic heterocycles. The minimum atomic E-state index is -1.19. The molecule has 2 aliphatic rings. The van der Waals surface area contributed by atoms with Gasteiger partial charge in [-0.05, 0) is 73.6 Å². The van der Waals surface area contributed by atoms with E-state index in [1.165, 1.54) is 18.7 Å². The first-order chi connectivity index (χ1) is 32.8. The van der Waals surface area contributed by atoms with E-state index in [0.29, 0.717) is 48.2 Å². The third-order valence-electron chi connectivity index (χ3n) is 12.7. The number of ether oxygens (including phenoxy) is 4. The number of fused-ring (bicyclic) bond motifs is 2. The maximum absolute atomic E-state index is 14.8. The summed E-state index contributed by atoms with van der Waals surface area (Å²) in [5.41, 5.74) is 1.62. The van der Waals surface area contributed by atoms with Crippen LogP contribution in [-0.4, -0.2) is 95.8 Å². The van der Waals surface area contributed by atoms with Gasteiger partial charge in [0.05, 0.1) is 18.9 Å². The summed E-state index contributed by atoms with van der Waals surface area (Å²) in [6, 6.07) is 9.75. The number of amides is 4. The van der Waals surface area contributed by atoms with Crippen molar-refractivity contribution in [3.8, 4) is 0 Å². The number of hydrogen-bond donors (Lipinski definition) is 0. The summed E-state index contributed by atoms with van der Waals surface area (Å²) in [6.45, 7) is 17.0. The zero-order valence-corrected chi connectivity index (χ0v) is 42.7. The van der Waals surface area contributed by atoms with E-state index in [4.69, 9.17) is 18.9 Å². The number of carbonyl (C=O) groups excluding carboxylic acids is 8. The fourth-order valence-electron chi connectivity index (χ4n) is 9.31. The summed E-state index contributed by atoms with van der Waals surface area (Å²) in [7, 11) is 0. The van der Waals surface area contributed by atoms with Crippen molar-refractivity contribution in [2.45, 2.75) is 98.6 Å². The molecule has 0 N–H and O–H groups in total. The lowest BCUT2D eigenvalue weighted by Gasteiger charge is -2.35. The number of benzene rings is 5. The van der Waals surface area contributed by atoms with Crippen LogP contribution in [0.3, 0.4) is 0 Å². The quantitative estimate of drug-likeness (QED) is 0.0170. The Kier molecular flexibility index (Phi) is 15.4. The molecule has 16 heteroatoms. The molecule has 5 aromatic carbocycles.